The lowest BCUT2D eigenvalue weighted by Crippen LogP contribution is -2.47. The van der Waals surface area contributed by atoms with Crippen molar-refractivity contribution in [3.8, 4) is 0 Å². The summed E-state index contributed by atoms with van der Waals surface area (Å²) in [6.07, 6.45) is 0.568. The van der Waals surface area contributed by atoms with Gasteiger partial charge in [-0.25, -0.2) is 21.6 Å². The molecule has 2 aliphatic rings. The summed E-state index contributed by atoms with van der Waals surface area (Å²) in [5, 5.41) is 0.835. The van der Waals surface area contributed by atoms with Crippen LogP contribution in [0.4, 0.5) is 0 Å². The van der Waals surface area contributed by atoms with E-state index in [1.54, 1.807) is 17.0 Å². The van der Waals surface area contributed by atoms with Crippen LogP contribution in [-0.4, -0.2) is 89.7 Å². The Bertz CT molecular complexity index is 984. The molecule has 1 aromatic rings. The molecule has 2 aliphatic heterocycles. The van der Waals surface area contributed by atoms with E-state index in [0.717, 1.165) is 18.5 Å². The van der Waals surface area contributed by atoms with Gasteiger partial charge in [-0.2, -0.15) is 4.31 Å². The smallest absolute Gasteiger partial charge is 0.253 e. The highest BCUT2D eigenvalue weighted by molar-refractivity contribution is 7.92. The molecule has 1 aromatic carbocycles. The number of nitrogens with one attached hydrogen (secondary N) is 1. The molecule has 0 spiro atoms. The van der Waals surface area contributed by atoms with Gasteiger partial charge in [0.15, 0.2) is 0 Å². The van der Waals surface area contributed by atoms with E-state index >= 15 is 0 Å². The number of amides is 1. The average molecular weight is 457 g/mol. The first-order valence-electron chi connectivity index (χ1n) is 9.82. The van der Waals surface area contributed by atoms with Crippen molar-refractivity contribution in [2.24, 2.45) is 5.92 Å². The van der Waals surface area contributed by atoms with E-state index in [2.05, 4.69) is 16.2 Å². The van der Waals surface area contributed by atoms with Crippen LogP contribution in [0, 0.1) is 5.92 Å². The zero-order valence-corrected chi connectivity index (χ0v) is 18.7. The number of benzene rings is 1. The van der Waals surface area contributed by atoms with Gasteiger partial charge in [0, 0.05) is 56.8 Å². The van der Waals surface area contributed by atoms with Crippen LogP contribution in [-0.2, 0) is 20.0 Å². The molecule has 0 aliphatic carbocycles. The summed E-state index contributed by atoms with van der Waals surface area (Å²) >= 11 is 0. The minimum absolute atomic E-state index is 0.0946. The number of rotatable bonds is 7. The lowest BCUT2D eigenvalue weighted by molar-refractivity contribution is 0.0664. The van der Waals surface area contributed by atoms with E-state index in [1.165, 1.54) is 16.4 Å². The topological polar surface area (TPSA) is 107 Å². The maximum Gasteiger partial charge on any atom is 0.253 e. The van der Waals surface area contributed by atoms with Crippen molar-refractivity contribution in [1.82, 2.24) is 18.8 Å². The molecule has 0 unspecified atom stereocenters. The van der Waals surface area contributed by atoms with Gasteiger partial charge in [0.05, 0.1) is 4.90 Å². The first kappa shape index (κ1) is 22.9. The molecule has 11 heteroatoms. The largest absolute Gasteiger partial charge is 0.336 e. The normalized spacial score (nSPS) is 21.6. The zero-order valence-electron chi connectivity index (χ0n) is 17.0. The molecule has 0 radical (unpaired) electrons. The molecule has 9 nitrogen and oxygen atoms in total. The standard InChI is InChI=1S/C19H28N4O5S2/c1-3-29(25,26)20-14-16-8-9-23(15-16)30(27,28)18-6-4-17(5-7-18)19(24)22-12-10-21(2)11-13-22/h3-7,16,20H,1,8-15H2,2H3/t16-/m1/s1. The predicted molar refractivity (Wildman–Crippen MR) is 114 cm³/mol. The summed E-state index contributed by atoms with van der Waals surface area (Å²) in [7, 11) is -5.22. The molecule has 1 N–H and O–H groups in total. The van der Waals surface area contributed by atoms with Gasteiger partial charge < -0.3 is 9.80 Å². The Morgan fingerprint density at radius 1 is 1.10 bits per heavy atom. The molecule has 30 heavy (non-hydrogen) atoms. The lowest BCUT2D eigenvalue weighted by Gasteiger charge is -2.32. The number of carbonyl (C=O) groups excluding carboxylic acids is 1. The molecule has 1 amide bonds. The first-order chi connectivity index (χ1) is 14.1. The van der Waals surface area contributed by atoms with Crippen molar-refractivity contribution in [3.05, 3.63) is 41.8 Å². The summed E-state index contributed by atoms with van der Waals surface area (Å²) < 4.78 is 52.6. The second-order valence-electron chi connectivity index (χ2n) is 7.70. The third-order valence-electron chi connectivity index (χ3n) is 5.57. The molecule has 2 fully saturated rings. The van der Waals surface area contributed by atoms with Gasteiger partial charge in [-0.15, -0.1) is 0 Å². The van der Waals surface area contributed by atoms with Crippen LogP contribution in [0.5, 0.6) is 0 Å². The van der Waals surface area contributed by atoms with Crippen molar-refractivity contribution in [2.45, 2.75) is 11.3 Å². The van der Waals surface area contributed by atoms with Crippen molar-refractivity contribution >= 4 is 26.0 Å². The predicted octanol–water partition coefficient (Wildman–Crippen LogP) is 0.148. The van der Waals surface area contributed by atoms with Gasteiger partial charge in [-0.1, -0.05) is 6.58 Å². The summed E-state index contributed by atoms with van der Waals surface area (Å²) in [6, 6.07) is 6.04. The molecule has 2 heterocycles. The monoisotopic (exact) mass is 456 g/mol. The second kappa shape index (κ2) is 9.15. The van der Waals surface area contributed by atoms with Crippen molar-refractivity contribution in [1.29, 1.82) is 0 Å². The second-order valence-corrected chi connectivity index (χ2v) is 11.3. The Labute approximate surface area is 178 Å². The Hall–Kier alpha value is -1.79. The number of sulfonamides is 2. The first-order valence-corrected chi connectivity index (χ1v) is 12.8. The van der Waals surface area contributed by atoms with Gasteiger partial charge in [0.2, 0.25) is 20.0 Å². The Morgan fingerprint density at radius 2 is 1.73 bits per heavy atom. The van der Waals surface area contributed by atoms with Gasteiger partial charge in [-0.05, 0) is 43.7 Å². The fourth-order valence-electron chi connectivity index (χ4n) is 3.59. The van der Waals surface area contributed by atoms with Crippen LogP contribution in [0.2, 0.25) is 0 Å². The maximum absolute atomic E-state index is 12.9. The highest BCUT2D eigenvalue weighted by Gasteiger charge is 2.33. The van der Waals surface area contributed by atoms with Crippen LogP contribution in [0.15, 0.2) is 41.1 Å². The van der Waals surface area contributed by atoms with Crippen LogP contribution < -0.4 is 4.72 Å². The van der Waals surface area contributed by atoms with E-state index in [9.17, 15) is 21.6 Å². The minimum Gasteiger partial charge on any atom is -0.336 e. The highest BCUT2D eigenvalue weighted by Crippen LogP contribution is 2.24. The van der Waals surface area contributed by atoms with Crippen molar-refractivity contribution in [3.63, 3.8) is 0 Å². The fourth-order valence-corrected chi connectivity index (χ4v) is 5.70. The molecule has 166 valence electrons. The van der Waals surface area contributed by atoms with E-state index in [1.807, 2.05) is 7.05 Å². The maximum atomic E-state index is 12.9. The van der Waals surface area contributed by atoms with Crippen molar-refractivity contribution in [2.75, 3.05) is 52.9 Å². The van der Waals surface area contributed by atoms with E-state index in [0.29, 0.717) is 31.6 Å². The molecular weight excluding hydrogens is 428 g/mol. The van der Waals surface area contributed by atoms with Gasteiger partial charge in [0.1, 0.15) is 0 Å². The van der Waals surface area contributed by atoms with Crippen LogP contribution in [0.1, 0.15) is 16.8 Å². The number of likely N-dealkylation sites (N-methyl/N-ethyl adjacent to an activating group) is 1. The van der Waals surface area contributed by atoms with Gasteiger partial charge in [0.25, 0.3) is 5.91 Å². The molecule has 0 bridgehead atoms. The highest BCUT2D eigenvalue weighted by atomic mass is 32.2. The number of hydrogen-bond donors (Lipinski definition) is 1. The van der Waals surface area contributed by atoms with E-state index in [-0.39, 0.29) is 29.8 Å². The molecule has 1 atom stereocenters. The number of hydrogen-bond acceptors (Lipinski definition) is 6. The molecule has 0 saturated carbocycles. The zero-order chi connectivity index (χ0) is 21.9. The summed E-state index contributed by atoms with van der Waals surface area (Å²) in [6.45, 7) is 6.91. The average Bonchev–Trinajstić information content (AvgIpc) is 3.23. The molecular formula is C19H28N4O5S2. The quantitative estimate of drug-likeness (QED) is 0.626. The molecule has 3 rings (SSSR count). The third-order valence-corrected chi connectivity index (χ3v) is 8.46. The van der Waals surface area contributed by atoms with Gasteiger partial charge >= 0.3 is 0 Å². The molecule has 2 saturated heterocycles. The van der Waals surface area contributed by atoms with Crippen molar-refractivity contribution < 1.29 is 21.6 Å². The number of carbonyl (C=O) groups is 1. The minimum atomic E-state index is -3.70. The van der Waals surface area contributed by atoms with E-state index < -0.39 is 20.0 Å². The van der Waals surface area contributed by atoms with Crippen LogP contribution >= 0.6 is 0 Å². The number of piperazine rings is 1. The van der Waals surface area contributed by atoms with Gasteiger partial charge in [-0.3, -0.25) is 4.79 Å². The molecule has 0 aromatic heterocycles. The Balaban J connectivity index is 1.62. The summed E-state index contributed by atoms with van der Waals surface area (Å²) in [5.74, 6) is -0.199. The Kier molecular flexibility index (Phi) is 6.98. The fraction of sp³-hybridized carbons (Fsp3) is 0.526. The third kappa shape index (κ3) is 5.27. The van der Waals surface area contributed by atoms with Crippen LogP contribution in [0.3, 0.4) is 0 Å². The SMILES string of the molecule is C=CS(=O)(=O)NC[C@H]1CCN(S(=O)(=O)c2ccc(C(=O)N3CCN(C)CC3)cc2)C1. The summed E-state index contributed by atoms with van der Waals surface area (Å²) in [5.41, 5.74) is 0.469. The van der Waals surface area contributed by atoms with Crippen LogP contribution in [0.25, 0.3) is 0 Å². The number of nitrogens with zero attached hydrogens (tertiary/aromatic N) is 3. The Morgan fingerprint density at radius 3 is 2.33 bits per heavy atom. The van der Waals surface area contributed by atoms with E-state index in [4.69, 9.17) is 0 Å². The summed E-state index contributed by atoms with van der Waals surface area (Å²) in [4.78, 5) is 16.7. The lowest BCUT2D eigenvalue weighted by atomic mass is 10.1.